The first-order chi connectivity index (χ1) is 9.86. The van der Waals surface area contributed by atoms with Crippen LogP contribution in [0.3, 0.4) is 0 Å². The van der Waals surface area contributed by atoms with E-state index in [2.05, 4.69) is 22.0 Å². The fraction of sp³-hybridized carbons (Fsp3) is 0.600. The van der Waals surface area contributed by atoms with Gasteiger partial charge >= 0.3 is 0 Å². The zero-order valence-electron chi connectivity index (χ0n) is 11.9. The van der Waals surface area contributed by atoms with Crippen molar-refractivity contribution in [1.82, 2.24) is 15.1 Å². The van der Waals surface area contributed by atoms with Gasteiger partial charge in [0, 0.05) is 6.04 Å². The van der Waals surface area contributed by atoms with Crippen molar-refractivity contribution >= 4 is 0 Å². The van der Waals surface area contributed by atoms with E-state index in [1.54, 1.807) is 6.26 Å². The van der Waals surface area contributed by atoms with E-state index in [0.717, 1.165) is 13.1 Å². The summed E-state index contributed by atoms with van der Waals surface area (Å²) < 4.78 is 11.0. The molecule has 20 heavy (non-hydrogen) atoms. The van der Waals surface area contributed by atoms with Crippen LogP contribution in [-0.4, -0.2) is 27.7 Å². The van der Waals surface area contributed by atoms with Crippen LogP contribution in [0, 0.1) is 0 Å². The molecule has 1 aliphatic rings. The maximum atomic E-state index is 5.69. The van der Waals surface area contributed by atoms with Crippen LogP contribution in [0.25, 0.3) is 11.7 Å². The van der Waals surface area contributed by atoms with Crippen LogP contribution in [0.2, 0.25) is 0 Å². The Labute approximate surface area is 119 Å². The van der Waals surface area contributed by atoms with E-state index in [-0.39, 0.29) is 0 Å². The summed E-state index contributed by atoms with van der Waals surface area (Å²) in [6, 6.07) is 4.31. The largest absolute Gasteiger partial charge is 0.459 e. The zero-order valence-corrected chi connectivity index (χ0v) is 11.9. The van der Waals surface area contributed by atoms with E-state index >= 15 is 0 Å². The average Bonchev–Trinajstić information content (AvgIpc) is 3.16. The zero-order chi connectivity index (χ0) is 13.8. The molecule has 1 fully saturated rings. The van der Waals surface area contributed by atoms with Crippen molar-refractivity contribution in [2.45, 2.75) is 51.6 Å². The van der Waals surface area contributed by atoms with E-state index in [4.69, 9.17) is 8.83 Å². The smallest absolute Gasteiger partial charge is 0.283 e. The minimum atomic E-state index is 0.463. The molecular weight excluding hydrogens is 254 g/mol. The molecule has 0 radical (unpaired) electrons. The summed E-state index contributed by atoms with van der Waals surface area (Å²) in [6.45, 7) is 3.94. The topological polar surface area (TPSA) is 55.3 Å². The standard InChI is InChI=1S/C15H21N3O2/c1-2-18(12-7-4-3-5-8-12)11-14-16-17-15(20-14)13-9-6-10-19-13/h6,9-10,12H,2-5,7-8,11H2,1H3. The summed E-state index contributed by atoms with van der Waals surface area (Å²) in [6.07, 6.45) is 8.22. The lowest BCUT2D eigenvalue weighted by molar-refractivity contribution is 0.143. The van der Waals surface area contributed by atoms with Gasteiger partial charge in [0.15, 0.2) is 5.76 Å². The summed E-state index contributed by atoms with van der Waals surface area (Å²) in [5.74, 6) is 1.76. The summed E-state index contributed by atoms with van der Waals surface area (Å²) in [5.41, 5.74) is 0. The number of furan rings is 1. The molecule has 2 aromatic heterocycles. The average molecular weight is 275 g/mol. The summed E-state index contributed by atoms with van der Waals surface area (Å²) >= 11 is 0. The molecule has 0 N–H and O–H groups in total. The lowest BCUT2D eigenvalue weighted by Crippen LogP contribution is -2.36. The highest BCUT2D eigenvalue weighted by Crippen LogP contribution is 2.24. The highest BCUT2D eigenvalue weighted by molar-refractivity contribution is 5.42. The molecule has 2 heterocycles. The molecule has 0 atom stereocenters. The van der Waals surface area contributed by atoms with Gasteiger partial charge in [0.05, 0.1) is 12.8 Å². The number of hydrogen-bond acceptors (Lipinski definition) is 5. The second kappa shape index (κ2) is 6.22. The molecule has 0 amide bonds. The third-order valence-electron chi connectivity index (χ3n) is 4.03. The van der Waals surface area contributed by atoms with Crippen molar-refractivity contribution in [3.63, 3.8) is 0 Å². The van der Waals surface area contributed by atoms with E-state index in [0.29, 0.717) is 23.6 Å². The fourth-order valence-corrected chi connectivity index (χ4v) is 2.94. The van der Waals surface area contributed by atoms with Gasteiger partial charge in [-0.2, -0.15) is 0 Å². The van der Waals surface area contributed by atoms with Gasteiger partial charge < -0.3 is 8.83 Å². The van der Waals surface area contributed by atoms with Gasteiger partial charge in [0.1, 0.15) is 0 Å². The van der Waals surface area contributed by atoms with E-state index in [9.17, 15) is 0 Å². The van der Waals surface area contributed by atoms with Crippen LogP contribution < -0.4 is 0 Å². The molecule has 3 rings (SSSR count). The Hall–Kier alpha value is -1.62. The number of aromatic nitrogens is 2. The summed E-state index contributed by atoms with van der Waals surface area (Å²) in [5, 5.41) is 8.19. The monoisotopic (exact) mass is 275 g/mol. The minimum Gasteiger partial charge on any atom is -0.459 e. The molecule has 0 aliphatic heterocycles. The van der Waals surface area contributed by atoms with E-state index in [1.165, 1.54) is 32.1 Å². The Morgan fingerprint density at radius 1 is 1.25 bits per heavy atom. The number of hydrogen-bond donors (Lipinski definition) is 0. The normalized spacial score (nSPS) is 16.9. The van der Waals surface area contributed by atoms with Crippen molar-refractivity contribution in [2.24, 2.45) is 0 Å². The Bertz CT molecular complexity index is 515. The number of rotatable bonds is 5. The minimum absolute atomic E-state index is 0.463. The van der Waals surface area contributed by atoms with E-state index < -0.39 is 0 Å². The van der Waals surface area contributed by atoms with Crippen molar-refractivity contribution in [2.75, 3.05) is 6.54 Å². The highest BCUT2D eigenvalue weighted by atomic mass is 16.4. The highest BCUT2D eigenvalue weighted by Gasteiger charge is 2.22. The Morgan fingerprint density at radius 2 is 2.10 bits per heavy atom. The third kappa shape index (κ3) is 2.93. The van der Waals surface area contributed by atoms with Gasteiger partial charge in [-0.05, 0) is 31.5 Å². The van der Waals surface area contributed by atoms with Crippen LogP contribution in [0.15, 0.2) is 27.2 Å². The molecule has 5 nitrogen and oxygen atoms in total. The molecule has 1 aliphatic carbocycles. The third-order valence-corrected chi connectivity index (χ3v) is 4.03. The van der Waals surface area contributed by atoms with Crippen LogP contribution in [0.1, 0.15) is 44.9 Å². The second-order valence-electron chi connectivity index (χ2n) is 5.33. The van der Waals surface area contributed by atoms with Gasteiger partial charge in [-0.25, -0.2) is 0 Å². The molecule has 108 valence electrons. The Kier molecular flexibility index (Phi) is 4.16. The molecule has 0 spiro atoms. The predicted octanol–water partition coefficient (Wildman–Crippen LogP) is 3.48. The van der Waals surface area contributed by atoms with Gasteiger partial charge in [-0.3, -0.25) is 4.90 Å². The maximum absolute atomic E-state index is 5.69. The fourth-order valence-electron chi connectivity index (χ4n) is 2.94. The SMILES string of the molecule is CCN(Cc1nnc(-c2ccco2)o1)C1CCCCC1. The van der Waals surface area contributed by atoms with Gasteiger partial charge in [-0.15, -0.1) is 10.2 Å². The summed E-state index contributed by atoms with van der Waals surface area (Å²) in [7, 11) is 0. The predicted molar refractivity (Wildman–Crippen MR) is 75.0 cm³/mol. The lowest BCUT2D eigenvalue weighted by Gasteiger charge is -2.32. The molecule has 0 bridgehead atoms. The molecular formula is C15H21N3O2. The Balaban J connectivity index is 1.66. The molecule has 0 saturated heterocycles. The van der Waals surface area contributed by atoms with Crippen LogP contribution in [0.4, 0.5) is 0 Å². The number of nitrogens with zero attached hydrogens (tertiary/aromatic N) is 3. The maximum Gasteiger partial charge on any atom is 0.283 e. The van der Waals surface area contributed by atoms with Gasteiger partial charge in [0.2, 0.25) is 5.89 Å². The van der Waals surface area contributed by atoms with Gasteiger partial charge in [0.25, 0.3) is 5.89 Å². The Morgan fingerprint density at radius 3 is 2.80 bits per heavy atom. The van der Waals surface area contributed by atoms with Crippen molar-refractivity contribution in [3.8, 4) is 11.7 Å². The summed E-state index contributed by atoms with van der Waals surface area (Å²) in [4.78, 5) is 2.44. The quantitative estimate of drug-likeness (QED) is 0.836. The first-order valence-electron chi connectivity index (χ1n) is 7.47. The molecule has 2 aromatic rings. The van der Waals surface area contributed by atoms with Crippen LogP contribution in [0.5, 0.6) is 0 Å². The molecule has 0 unspecified atom stereocenters. The van der Waals surface area contributed by atoms with Crippen molar-refractivity contribution < 1.29 is 8.83 Å². The van der Waals surface area contributed by atoms with Crippen LogP contribution in [-0.2, 0) is 6.54 Å². The van der Waals surface area contributed by atoms with Crippen LogP contribution >= 0.6 is 0 Å². The first kappa shape index (κ1) is 13.4. The molecule has 1 saturated carbocycles. The molecule has 5 heteroatoms. The van der Waals surface area contributed by atoms with Crippen molar-refractivity contribution in [3.05, 3.63) is 24.3 Å². The van der Waals surface area contributed by atoms with Crippen molar-refractivity contribution in [1.29, 1.82) is 0 Å². The second-order valence-corrected chi connectivity index (χ2v) is 5.33. The lowest BCUT2D eigenvalue weighted by atomic mass is 9.94. The van der Waals surface area contributed by atoms with Gasteiger partial charge in [-0.1, -0.05) is 26.2 Å². The first-order valence-corrected chi connectivity index (χ1v) is 7.47. The van der Waals surface area contributed by atoms with E-state index in [1.807, 2.05) is 12.1 Å². The molecule has 0 aromatic carbocycles.